The zero-order valence-corrected chi connectivity index (χ0v) is 10.8. The largest absolute Gasteiger partial charge is 0.294 e. The Labute approximate surface area is 105 Å². The summed E-state index contributed by atoms with van der Waals surface area (Å²) < 4.78 is 0. The number of carbonyl (C=O) groups excluding carboxylic acids is 1. The van der Waals surface area contributed by atoms with Crippen LogP contribution >= 0.6 is 11.3 Å². The lowest BCUT2D eigenvalue weighted by molar-refractivity contribution is 0.0982. The molecule has 0 aromatic carbocycles. The average Bonchev–Trinajstić information content (AvgIpc) is 2.67. The highest BCUT2D eigenvalue weighted by Crippen LogP contribution is 2.18. The molecule has 2 aromatic heterocycles. The Morgan fingerprint density at radius 2 is 2.24 bits per heavy atom. The number of aryl methyl sites for hydroxylation is 3. The molecule has 2 heterocycles. The summed E-state index contributed by atoms with van der Waals surface area (Å²) in [5, 5.41) is 1.04. The minimum Gasteiger partial charge on any atom is -0.294 e. The van der Waals surface area contributed by atoms with Crippen molar-refractivity contribution in [2.24, 2.45) is 0 Å². The van der Waals surface area contributed by atoms with E-state index < -0.39 is 0 Å². The fourth-order valence-corrected chi connectivity index (χ4v) is 2.47. The summed E-state index contributed by atoms with van der Waals surface area (Å²) in [6, 6.07) is 3.58. The van der Waals surface area contributed by atoms with Crippen molar-refractivity contribution in [2.45, 2.75) is 26.7 Å². The van der Waals surface area contributed by atoms with Crippen LogP contribution in [0.1, 0.15) is 32.4 Å². The quantitative estimate of drug-likeness (QED) is 0.779. The minimum absolute atomic E-state index is 0.128. The molecule has 0 N–H and O–H groups in total. The molecule has 0 radical (unpaired) electrons. The number of aromatic nitrogens is 2. The van der Waals surface area contributed by atoms with Gasteiger partial charge in [-0.2, -0.15) is 0 Å². The molecular weight excluding hydrogens is 232 g/mol. The first kappa shape index (κ1) is 11.9. The molecule has 0 spiro atoms. The van der Waals surface area contributed by atoms with E-state index in [0.717, 1.165) is 10.7 Å². The highest BCUT2D eigenvalue weighted by molar-refractivity contribution is 7.11. The molecule has 0 atom stereocenters. The van der Waals surface area contributed by atoms with Crippen molar-refractivity contribution in [1.82, 2.24) is 9.97 Å². The molecular formula is C13H14N2OS. The predicted molar refractivity (Wildman–Crippen MR) is 68.5 cm³/mol. The van der Waals surface area contributed by atoms with Gasteiger partial charge in [-0.1, -0.05) is 0 Å². The van der Waals surface area contributed by atoms with E-state index in [0.29, 0.717) is 18.4 Å². The first-order valence-electron chi connectivity index (χ1n) is 5.53. The van der Waals surface area contributed by atoms with E-state index in [1.807, 2.05) is 6.92 Å². The molecule has 0 aliphatic carbocycles. The Morgan fingerprint density at radius 1 is 1.41 bits per heavy atom. The number of pyridine rings is 1. The van der Waals surface area contributed by atoms with Crippen molar-refractivity contribution >= 4 is 17.1 Å². The molecule has 3 nitrogen and oxygen atoms in total. The Hall–Kier alpha value is -1.55. The molecule has 0 saturated heterocycles. The molecule has 0 fully saturated rings. The van der Waals surface area contributed by atoms with Crippen LogP contribution in [-0.2, 0) is 6.42 Å². The number of rotatable bonds is 4. The monoisotopic (exact) mass is 246 g/mol. The van der Waals surface area contributed by atoms with E-state index >= 15 is 0 Å². The van der Waals surface area contributed by atoms with Crippen LogP contribution in [0.5, 0.6) is 0 Å². The summed E-state index contributed by atoms with van der Waals surface area (Å²) in [6.45, 7) is 4.05. The van der Waals surface area contributed by atoms with Gasteiger partial charge in [-0.15, -0.1) is 11.3 Å². The Morgan fingerprint density at radius 3 is 2.82 bits per heavy atom. The molecule has 2 aromatic rings. The maximum Gasteiger partial charge on any atom is 0.164 e. The molecule has 0 aliphatic rings. The SMILES string of the molecule is Cc1nc(CCC(=O)c2cccnc2)sc1C. The van der Waals surface area contributed by atoms with Crippen LogP contribution in [0.25, 0.3) is 0 Å². The van der Waals surface area contributed by atoms with Crippen molar-refractivity contribution in [3.63, 3.8) is 0 Å². The summed E-state index contributed by atoms with van der Waals surface area (Å²) >= 11 is 1.67. The topological polar surface area (TPSA) is 42.9 Å². The van der Waals surface area contributed by atoms with Crippen molar-refractivity contribution in [3.8, 4) is 0 Å². The first-order chi connectivity index (χ1) is 8.16. The van der Waals surface area contributed by atoms with Gasteiger partial charge in [0.2, 0.25) is 0 Å². The standard InChI is InChI=1S/C13H14N2OS/c1-9-10(2)17-13(15-9)6-5-12(16)11-4-3-7-14-8-11/h3-4,7-8H,5-6H2,1-2H3. The molecule has 0 aliphatic heterocycles. The molecule has 4 heteroatoms. The van der Waals surface area contributed by atoms with E-state index in [1.165, 1.54) is 4.88 Å². The molecule has 0 amide bonds. The Balaban J connectivity index is 1.97. The molecule has 17 heavy (non-hydrogen) atoms. The second-order valence-corrected chi connectivity index (χ2v) is 5.20. The Kier molecular flexibility index (Phi) is 3.64. The summed E-state index contributed by atoms with van der Waals surface area (Å²) in [7, 11) is 0. The van der Waals surface area contributed by atoms with E-state index in [-0.39, 0.29) is 5.78 Å². The van der Waals surface area contributed by atoms with Crippen LogP contribution in [0.2, 0.25) is 0 Å². The Bertz CT molecular complexity index is 500. The molecule has 0 bridgehead atoms. The lowest BCUT2D eigenvalue weighted by Crippen LogP contribution is -2.01. The van der Waals surface area contributed by atoms with Crippen LogP contribution in [0.3, 0.4) is 0 Å². The van der Waals surface area contributed by atoms with Gasteiger partial charge in [0.05, 0.1) is 10.7 Å². The highest BCUT2D eigenvalue weighted by Gasteiger charge is 2.09. The van der Waals surface area contributed by atoms with Crippen LogP contribution in [-0.4, -0.2) is 15.8 Å². The van der Waals surface area contributed by atoms with Gasteiger partial charge in [0, 0.05) is 35.7 Å². The number of ketones is 1. The van der Waals surface area contributed by atoms with Gasteiger partial charge in [0.15, 0.2) is 5.78 Å². The van der Waals surface area contributed by atoms with Gasteiger partial charge in [-0.3, -0.25) is 9.78 Å². The lowest BCUT2D eigenvalue weighted by Gasteiger charge is -1.98. The van der Waals surface area contributed by atoms with Crippen LogP contribution in [0.15, 0.2) is 24.5 Å². The van der Waals surface area contributed by atoms with Crippen LogP contribution in [0, 0.1) is 13.8 Å². The van der Waals surface area contributed by atoms with Crippen LogP contribution in [0.4, 0.5) is 0 Å². The molecule has 2 rings (SSSR count). The van der Waals surface area contributed by atoms with Gasteiger partial charge >= 0.3 is 0 Å². The summed E-state index contributed by atoms with van der Waals surface area (Å²) in [4.78, 5) is 21.4. The lowest BCUT2D eigenvalue weighted by atomic mass is 10.1. The zero-order valence-electron chi connectivity index (χ0n) is 9.93. The molecule has 0 unspecified atom stereocenters. The van der Waals surface area contributed by atoms with Crippen LogP contribution < -0.4 is 0 Å². The third-order valence-electron chi connectivity index (χ3n) is 2.62. The fraction of sp³-hybridized carbons (Fsp3) is 0.308. The second-order valence-electron chi connectivity index (χ2n) is 3.91. The fourth-order valence-electron chi connectivity index (χ4n) is 1.54. The highest BCUT2D eigenvalue weighted by atomic mass is 32.1. The average molecular weight is 246 g/mol. The maximum atomic E-state index is 11.8. The van der Waals surface area contributed by atoms with Crippen molar-refractivity contribution in [3.05, 3.63) is 45.7 Å². The van der Waals surface area contributed by atoms with E-state index in [4.69, 9.17) is 0 Å². The maximum absolute atomic E-state index is 11.8. The van der Waals surface area contributed by atoms with Gasteiger partial charge in [0.25, 0.3) is 0 Å². The van der Waals surface area contributed by atoms with E-state index in [9.17, 15) is 4.79 Å². The zero-order chi connectivity index (χ0) is 12.3. The number of Topliss-reactive ketones (excluding diaryl/α,β-unsaturated/α-hetero) is 1. The van der Waals surface area contributed by atoms with Crippen molar-refractivity contribution in [1.29, 1.82) is 0 Å². The third kappa shape index (κ3) is 2.97. The molecule has 0 saturated carbocycles. The summed E-state index contributed by atoms with van der Waals surface area (Å²) in [6.07, 6.45) is 4.50. The van der Waals surface area contributed by atoms with Gasteiger partial charge < -0.3 is 0 Å². The first-order valence-corrected chi connectivity index (χ1v) is 6.34. The van der Waals surface area contributed by atoms with Gasteiger partial charge in [0.1, 0.15) is 0 Å². The van der Waals surface area contributed by atoms with Crippen molar-refractivity contribution in [2.75, 3.05) is 0 Å². The number of nitrogens with zero attached hydrogens (tertiary/aromatic N) is 2. The van der Waals surface area contributed by atoms with E-state index in [1.54, 1.807) is 35.9 Å². The van der Waals surface area contributed by atoms with Crippen molar-refractivity contribution < 1.29 is 4.79 Å². The third-order valence-corrected chi connectivity index (χ3v) is 3.75. The summed E-state index contributed by atoms with van der Waals surface area (Å²) in [5.74, 6) is 0.128. The number of carbonyl (C=O) groups is 1. The summed E-state index contributed by atoms with van der Waals surface area (Å²) in [5.41, 5.74) is 1.75. The van der Waals surface area contributed by atoms with E-state index in [2.05, 4.69) is 16.9 Å². The molecule has 88 valence electrons. The number of hydrogen-bond acceptors (Lipinski definition) is 4. The normalized spacial score (nSPS) is 10.5. The minimum atomic E-state index is 0.128. The second kappa shape index (κ2) is 5.19. The number of hydrogen-bond donors (Lipinski definition) is 0. The smallest absolute Gasteiger partial charge is 0.164 e. The predicted octanol–water partition coefficient (Wildman–Crippen LogP) is 2.97. The van der Waals surface area contributed by atoms with Gasteiger partial charge in [-0.25, -0.2) is 4.98 Å². The number of thiazole rings is 1. The van der Waals surface area contributed by atoms with Gasteiger partial charge in [-0.05, 0) is 26.0 Å².